The van der Waals surface area contributed by atoms with E-state index in [-0.39, 0.29) is 0 Å². The highest BCUT2D eigenvalue weighted by Crippen LogP contribution is 2.38. The van der Waals surface area contributed by atoms with Gasteiger partial charge >= 0.3 is 0 Å². The first-order valence-electron chi connectivity index (χ1n) is 8.14. The molecule has 0 spiro atoms. The van der Waals surface area contributed by atoms with E-state index in [9.17, 15) is 0 Å². The molecule has 0 heterocycles. The molecule has 1 aromatic carbocycles. The van der Waals surface area contributed by atoms with E-state index in [4.69, 9.17) is 4.74 Å². The van der Waals surface area contributed by atoms with Crippen molar-refractivity contribution in [1.29, 1.82) is 0 Å². The number of hydrogen-bond donors (Lipinski definition) is 1. The van der Waals surface area contributed by atoms with Gasteiger partial charge in [0.25, 0.3) is 0 Å². The fourth-order valence-corrected chi connectivity index (χ4v) is 3.39. The number of methoxy groups -OCH3 is 1. The second kappa shape index (κ2) is 7.68. The Kier molecular flexibility index (Phi) is 5.90. The van der Waals surface area contributed by atoms with Crippen LogP contribution in [0.15, 0.2) is 18.2 Å². The highest BCUT2D eigenvalue weighted by atomic mass is 16.5. The van der Waals surface area contributed by atoms with Gasteiger partial charge in [0.15, 0.2) is 0 Å². The average molecular weight is 275 g/mol. The van der Waals surface area contributed by atoms with Crippen molar-refractivity contribution < 1.29 is 4.74 Å². The molecule has 1 aromatic rings. The zero-order valence-corrected chi connectivity index (χ0v) is 13.2. The van der Waals surface area contributed by atoms with Gasteiger partial charge in [0.2, 0.25) is 0 Å². The van der Waals surface area contributed by atoms with Crippen LogP contribution in [0.1, 0.15) is 62.6 Å². The Hall–Kier alpha value is -1.02. The molecule has 0 aliphatic heterocycles. The molecule has 0 radical (unpaired) electrons. The van der Waals surface area contributed by atoms with E-state index >= 15 is 0 Å². The summed E-state index contributed by atoms with van der Waals surface area (Å²) in [6.45, 7) is 5.48. The average Bonchev–Trinajstić information content (AvgIpc) is 2.49. The Balaban J connectivity index is 2.26. The first-order valence-corrected chi connectivity index (χ1v) is 8.14. The van der Waals surface area contributed by atoms with Crippen molar-refractivity contribution >= 4 is 0 Å². The van der Waals surface area contributed by atoms with Crippen molar-refractivity contribution in [3.8, 4) is 5.75 Å². The van der Waals surface area contributed by atoms with E-state index in [0.717, 1.165) is 18.2 Å². The normalized spacial score (nSPS) is 17.9. The van der Waals surface area contributed by atoms with E-state index < -0.39 is 0 Å². The van der Waals surface area contributed by atoms with Crippen LogP contribution in [0.25, 0.3) is 0 Å². The number of aryl methyl sites for hydroxylation is 1. The maximum absolute atomic E-state index is 5.61. The lowest BCUT2D eigenvalue weighted by molar-refractivity contribution is 0.266. The quantitative estimate of drug-likeness (QED) is 0.817. The number of nitrogens with one attached hydrogen (secondary N) is 1. The lowest BCUT2D eigenvalue weighted by Gasteiger charge is -2.32. The Morgan fingerprint density at radius 2 is 2.00 bits per heavy atom. The molecule has 1 N–H and O–H groups in total. The lowest BCUT2D eigenvalue weighted by atomic mass is 9.80. The fraction of sp³-hybridized carbons (Fsp3) is 0.667. The topological polar surface area (TPSA) is 21.3 Å². The van der Waals surface area contributed by atoms with Gasteiger partial charge in [-0.25, -0.2) is 0 Å². The molecule has 0 saturated heterocycles. The van der Waals surface area contributed by atoms with Crippen molar-refractivity contribution in [3.63, 3.8) is 0 Å². The number of hydrogen-bond acceptors (Lipinski definition) is 2. The van der Waals surface area contributed by atoms with E-state index in [1.165, 1.54) is 49.7 Å². The largest absolute Gasteiger partial charge is 0.496 e. The van der Waals surface area contributed by atoms with Crippen LogP contribution in [0.5, 0.6) is 5.75 Å². The number of ether oxygens (including phenoxy) is 1. The molecule has 0 bridgehead atoms. The molecule has 0 aromatic heterocycles. The lowest BCUT2D eigenvalue weighted by Crippen LogP contribution is -2.30. The summed E-state index contributed by atoms with van der Waals surface area (Å²) in [5.41, 5.74) is 2.67. The van der Waals surface area contributed by atoms with Crippen molar-refractivity contribution in [2.75, 3.05) is 13.7 Å². The van der Waals surface area contributed by atoms with Crippen molar-refractivity contribution in [2.24, 2.45) is 5.92 Å². The fourth-order valence-electron chi connectivity index (χ4n) is 3.39. The maximum atomic E-state index is 5.61. The Morgan fingerprint density at radius 1 is 1.25 bits per heavy atom. The Morgan fingerprint density at radius 3 is 2.65 bits per heavy atom. The minimum atomic E-state index is 0.449. The molecule has 2 rings (SSSR count). The molecule has 1 saturated carbocycles. The third-order valence-electron chi connectivity index (χ3n) is 4.46. The first kappa shape index (κ1) is 15.4. The summed E-state index contributed by atoms with van der Waals surface area (Å²) in [7, 11) is 1.78. The minimum Gasteiger partial charge on any atom is -0.496 e. The Bertz CT molecular complexity index is 410. The standard InChI is InChI=1S/C18H29NO/c1-4-12-19-18(15-8-6-5-7-9-15)16-13-14(2)10-11-17(16)20-3/h10-11,13,15,18-19H,4-9,12H2,1-3H3. The van der Waals surface area contributed by atoms with Gasteiger partial charge in [-0.15, -0.1) is 0 Å². The molecule has 112 valence electrons. The summed E-state index contributed by atoms with van der Waals surface area (Å²) in [6, 6.07) is 7.01. The third-order valence-corrected chi connectivity index (χ3v) is 4.46. The molecule has 1 atom stereocenters. The van der Waals surface area contributed by atoms with Gasteiger partial charge in [-0.05, 0) is 44.7 Å². The molecule has 1 aliphatic rings. The second-order valence-electron chi connectivity index (χ2n) is 6.08. The summed E-state index contributed by atoms with van der Waals surface area (Å²) in [5.74, 6) is 1.79. The summed E-state index contributed by atoms with van der Waals surface area (Å²) >= 11 is 0. The maximum Gasteiger partial charge on any atom is 0.123 e. The predicted octanol–water partition coefficient (Wildman–Crippen LogP) is 4.62. The molecule has 20 heavy (non-hydrogen) atoms. The van der Waals surface area contributed by atoms with Crippen LogP contribution in [-0.4, -0.2) is 13.7 Å². The van der Waals surface area contributed by atoms with Crippen LogP contribution in [0.4, 0.5) is 0 Å². The van der Waals surface area contributed by atoms with Crippen LogP contribution in [0.2, 0.25) is 0 Å². The summed E-state index contributed by atoms with van der Waals surface area (Å²) in [6.07, 6.45) is 8.03. The minimum absolute atomic E-state index is 0.449. The molecule has 2 heteroatoms. The SMILES string of the molecule is CCCNC(c1cc(C)ccc1OC)C1CCCCC1. The van der Waals surface area contributed by atoms with Gasteiger partial charge in [-0.1, -0.05) is 43.9 Å². The molecule has 1 aliphatic carbocycles. The van der Waals surface area contributed by atoms with E-state index in [0.29, 0.717) is 6.04 Å². The van der Waals surface area contributed by atoms with Gasteiger partial charge in [-0.3, -0.25) is 0 Å². The van der Waals surface area contributed by atoms with E-state index in [2.05, 4.69) is 37.4 Å². The van der Waals surface area contributed by atoms with Gasteiger partial charge in [0.05, 0.1) is 7.11 Å². The first-order chi connectivity index (χ1) is 9.76. The monoisotopic (exact) mass is 275 g/mol. The number of benzene rings is 1. The second-order valence-corrected chi connectivity index (χ2v) is 6.08. The van der Waals surface area contributed by atoms with Crippen molar-refractivity contribution in [2.45, 2.75) is 58.4 Å². The van der Waals surface area contributed by atoms with E-state index in [1.54, 1.807) is 7.11 Å². The van der Waals surface area contributed by atoms with Crippen molar-refractivity contribution in [1.82, 2.24) is 5.32 Å². The molecule has 2 nitrogen and oxygen atoms in total. The van der Waals surface area contributed by atoms with Crippen LogP contribution >= 0.6 is 0 Å². The van der Waals surface area contributed by atoms with Crippen LogP contribution in [0, 0.1) is 12.8 Å². The Labute approximate surface area is 123 Å². The molecule has 1 unspecified atom stereocenters. The summed E-state index contributed by atoms with van der Waals surface area (Å²) in [4.78, 5) is 0. The van der Waals surface area contributed by atoms with Gasteiger partial charge < -0.3 is 10.1 Å². The zero-order chi connectivity index (χ0) is 14.4. The van der Waals surface area contributed by atoms with Crippen molar-refractivity contribution in [3.05, 3.63) is 29.3 Å². The van der Waals surface area contributed by atoms with Crippen LogP contribution in [-0.2, 0) is 0 Å². The van der Waals surface area contributed by atoms with Crippen LogP contribution < -0.4 is 10.1 Å². The van der Waals surface area contributed by atoms with Gasteiger partial charge in [0, 0.05) is 11.6 Å². The smallest absolute Gasteiger partial charge is 0.123 e. The zero-order valence-electron chi connectivity index (χ0n) is 13.2. The van der Waals surface area contributed by atoms with Gasteiger partial charge in [-0.2, -0.15) is 0 Å². The molecular weight excluding hydrogens is 246 g/mol. The molecular formula is C18H29NO. The third kappa shape index (κ3) is 3.76. The highest BCUT2D eigenvalue weighted by molar-refractivity contribution is 5.39. The molecule has 0 amide bonds. The highest BCUT2D eigenvalue weighted by Gasteiger charge is 2.26. The summed E-state index contributed by atoms with van der Waals surface area (Å²) < 4.78 is 5.61. The predicted molar refractivity (Wildman–Crippen MR) is 85.3 cm³/mol. The van der Waals surface area contributed by atoms with E-state index in [1.807, 2.05) is 0 Å². The summed E-state index contributed by atoms with van der Waals surface area (Å²) in [5, 5.41) is 3.78. The molecule has 1 fully saturated rings. The van der Waals surface area contributed by atoms with Gasteiger partial charge in [0.1, 0.15) is 5.75 Å². The van der Waals surface area contributed by atoms with Crippen LogP contribution in [0.3, 0.4) is 0 Å². The number of rotatable bonds is 6.